The van der Waals surface area contributed by atoms with E-state index in [1.54, 1.807) is 0 Å². The predicted octanol–water partition coefficient (Wildman–Crippen LogP) is 19.3. The van der Waals surface area contributed by atoms with Crippen molar-refractivity contribution in [2.24, 2.45) is 0 Å². The Hall–Kier alpha value is -10.8. The maximum atomic E-state index is 5.63. The van der Waals surface area contributed by atoms with Gasteiger partial charge in [-0.3, -0.25) is 9.13 Å². The molecule has 17 rings (SSSR count). The molecule has 390 valence electrons. The molecule has 17 aromatic rings. The van der Waals surface area contributed by atoms with Gasteiger partial charge in [-0.25, -0.2) is 0 Å². The SMILES string of the molecule is c1ccc(S(c2ccccc2)(c2ccccc2)c2ccc(-c3nc(-n4c5ccccc5c5cc(-n6c7ccccc7c7ccccc76)ccc54)nc(-n4c5ccccc5c5cc(-n6c7ccccc7c7ccccc76)ccc54)n3)cc2)cc1. The maximum Gasteiger partial charge on any atom is 0.240 e. The van der Waals surface area contributed by atoms with Crippen LogP contribution in [0.25, 0.3) is 122 Å². The fraction of sp³-hybridized carbons (Fsp3) is 0. The minimum atomic E-state index is -1.95. The summed E-state index contributed by atoms with van der Waals surface area (Å²) in [6, 6.07) is 108. The molecule has 0 aliphatic heterocycles. The van der Waals surface area contributed by atoms with Crippen LogP contribution in [-0.4, -0.2) is 33.2 Å². The smallest absolute Gasteiger partial charge is 0.240 e. The fourth-order valence-corrected chi connectivity index (χ4v) is 17.1. The quantitative estimate of drug-likeness (QED) is 0.145. The van der Waals surface area contributed by atoms with Crippen molar-refractivity contribution in [2.75, 3.05) is 0 Å². The van der Waals surface area contributed by atoms with Crippen molar-refractivity contribution in [1.82, 2.24) is 33.2 Å². The van der Waals surface area contributed by atoms with Gasteiger partial charge in [-0.05, 0) is 121 Å². The van der Waals surface area contributed by atoms with Gasteiger partial charge in [0.05, 0.1) is 44.1 Å². The summed E-state index contributed by atoms with van der Waals surface area (Å²) in [6.45, 7) is 0. The van der Waals surface area contributed by atoms with Gasteiger partial charge in [-0.15, -0.1) is 10.0 Å². The van der Waals surface area contributed by atoms with Crippen LogP contribution in [-0.2, 0) is 0 Å². The monoisotopic (exact) mass is 1080 g/mol. The zero-order valence-electron chi connectivity index (χ0n) is 44.8. The third kappa shape index (κ3) is 7.10. The number of para-hydroxylation sites is 6. The number of hydrogen-bond acceptors (Lipinski definition) is 3. The molecule has 0 unspecified atom stereocenters. The third-order valence-corrected chi connectivity index (χ3v) is 20.7. The molecule has 0 spiro atoms. The second kappa shape index (κ2) is 18.6. The molecule has 0 aliphatic carbocycles. The van der Waals surface area contributed by atoms with Crippen LogP contribution in [0.15, 0.2) is 317 Å². The van der Waals surface area contributed by atoms with E-state index < -0.39 is 10.0 Å². The molecule has 5 heterocycles. The van der Waals surface area contributed by atoms with Crippen LogP contribution in [0.1, 0.15) is 0 Å². The molecule has 5 aromatic heterocycles. The second-order valence-electron chi connectivity index (χ2n) is 21.2. The highest BCUT2D eigenvalue weighted by atomic mass is 32.3. The van der Waals surface area contributed by atoms with E-state index in [4.69, 9.17) is 15.0 Å². The van der Waals surface area contributed by atoms with E-state index in [2.05, 4.69) is 316 Å². The van der Waals surface area contributed by atoms with Gasteiger partial charge in [0.15, 0.2) is 5.82 Å². The zero-order valence-corrected chi connectivity index (χ0v) is 45.6. The average molecular weight is 1080 g/mol. The normalized spacial score (nSPS) is 12.3. The average Bonchev–Trinajstić information content (AvgIpc) is 3.06. The fourth-order valence-electron chi connectivity index (χ4n) is 13.2. The Morgan fingerprint density at radius 2 is 0.494 bits per heavy atom. The maximum absolute atomic E-state index is 5.63. The first-order valence-electron chi connectivity index (χ1n) is 28.1. The van der Waals surface area contributed by atoms with E-state index in [1.165, 1.54) is 41.1 Å². The number of hydrogen-bond donors (Lipinski definition) is 0. The van der Waals surface area contributed by atoms with Crippen LogP contribution in [0.4, 0.5) is 0 Å². The van der Waals surface area contributed by atoms with E-state index in [0.717, 1.165) is 82.6 Å². The third-order valence-electron chi connectivity index (χ3n) is 16.8. The summed E-state index contributed by atoms with van der Waals surface area (Å²) in [5.74, 6) is 1.61. The van der Waals surface area contributed by atoms with Gasteiger partial charge in [-0.2, -0.15) is 15.0 Å². The van der Waals surface area contributed by atoms with Crippen molar-refractivity contribution in [1.29, 1.82) is 0 Å². The molecule has 0 atom stereocenters. The lowest BCUT2D eigenvalue weighted by molar-refractivity contribution is 0.892. The van der Waals surface area contributed by atoms with Crippen molar-refractivity contribution >= 4 is 97.3 Å². The molecule has 0 N–H and O–H groups in total. The minimum absolute atomic E-state index is 0.524. The van der Waals surface area contributed by atoms with Gasteiger partial charge in [0, 0.05) is 79.6 Å². The Kier molecular flexibility index (Phi) is 10.6. The van der Waals surface area contributed by atoms with E-state index >= 15 is 0 Å². The molecule has 7 nitrogen and oxygen atoms in total. The van der Waals surface area contributed by atoms with E-state index in [9.17, 15) is 0 Å². The molecule has 12 aromatic carbocycles. The summed E-state index contributed by atoms with van der Waals surface area (Å²) in [4.78, 5) is 21.8. The van der Waals surface area contributed by atoms with Crippen molar-refractivity contribution in [3.8, 4) is 34.7 Å². The first-order valence-corrected chi connectivity index (χ1v) is 29.7. The highest BCUT2D eigenvalue weighted by Gasteiger charge is 2.33. The van der Waals surface area contributed by atoms with E-state index in [0.29, 0.717) is 17.7 Å². The molecule has 0 bridgehead atoms. The first-order chi connectivity index (χ1) is 41.2. The Morgan fingerprint density at radius 1 is 0.217 bits per heavy atom. The molecule has 0 radical (unpaired) electrons. The summed E-state index contributed by atoms with van der Waals surface area (Å²) in [5.41, 5.74) is 11.7. The lowest BCUT2D eigenvalue weighted by Gasteiger charge is -2.42. The Morgan fingerprint density at radius 3 is 0.843 bits per heavy atom. The first kappa shape index (κ1) is 47.1. The van der Waals surface area contributed by atoms with Gasteiger partial charge < -0.3 is 9.13 Å². The molecule has 0 saturated heterocycles. The van der Waals surface area contributed by atoms with Crippen molar-refractivity contribution in [3.63, 3.8) is 0 Å². The summed E-state index contributed by atoms with van der Waals surface area (Å²) >= 11 is 0. The van der Waals surface area contributed by atoms with Crippen molar-refractivity contribution in [3.05, 3.63) is 297 Å². The number of fused-ring (bicyclic) bond motifs is 12. The van der Waals surface area contributed by atoms with Crippen LogP contribution in [0.2, 0.25) is 0 Å². The molecule has 83 heavy (non-hydrogen) atoms. The van der Waals surface area contributed by atoms with Gasteiger partial charge in [0.2, 0.25) is 11.9 Å². The molecule has 0 fully saturated rings. The molecular formula is C75H49N7S. The highest BCUT2D eigenvalue weighted by Crippen LogP contribution is 2.73. The minimum Gasteiger partial charge on any atom is -0.309 e. The number of rotatable bonds is 9. The number of benzene rings is 12. The summed E-state index contributed by atoms with van der Waals surface area (Å²) in [5, 5.41) is 9.32. The summed E-state index contributed by atoms with van der Waals surface area (Å²) in [7, 11) is -1.95. The lowest BCUT2D eigenvalue weighted by atomic mass is 10.1. The zero-order chi connectivity index (χ0) is 54.6. The van der Waals surface area contributed by atoms with Gasteiger partial charge in [-0.1, -0.05) is 176 Å². The van der Waals surface area contributed by atoms with Crippen LogP contribution < -0.4 is 0 Å². The lowest BCUT2D eigenvalue weighted by Crippen LogP contribution is -2.10. The van der Waals surface area contributed by atoms with Gasteiger partial charge in [0.25, 0.3) is 0 Å². The van der Waals surface area contributed by atoms with Crippen LogP contribution >= 0.6 is 10.0 Å². The summed E-state index contributed by atoms with van der Waals surface area (Å²) < 4.78 is 9.23. The number of nitrogens with zero attached hydrogens (tertiary/aromatic N) is 7. The molecule has 0 amide bonds. The largest absolute Gasteiger partial charge is 0.309 e. The molecular weight excluding hydrogens is 1030 g/mol. The van der Waals surface area contributed by atoms with Crippen LogP contribution in [0.5, 0.6) is 0 Å². The van der Waals surface area contributed by atoms with Crippen molar-refractivity contribution in [2.45, 2.75) is 19.6 Å². The van der Waals surface area contributed by atoms with Crippen LogP contribution in [0.3, 0.4) is 0 Å². The summed E-state index contributed by atoms with van der Waals surface area (Å²) in [6.07, 6.45) is 0. The highest BCUT2D eigenvalue weighted by molar-refractivity contribution is 8.34. The Labute approximate surface area is 479 Å². The van der Waals surface area contributed by atoms with Gasteiger partial charge in [0.1, 0.15) is 0 Å². The Balaban J connectivity index is 0.905. The van der Waals surface area contributed by atoms with Crippen molar-refractivity contribution < 1.29 is 0 Å². The Bertz CT molecular complexity index is 4930. The van der Waals surface area contributed by atoms with E-state index in [-0.39, 0.29) is 0 Å². The predicted molar refractivity (Wildman–Crippen MR) is 343 cm³/mol. The molecule has 0 aliphatic rings. The second-order valence-corrected chi connectivity index (χ2v) is 24.3. The van der Waals surface area contributed by atoms with Crippen LogP contribution in [0, 0.1) is 0 Å². The molecule has 8 heteroatoms. The molecule has 0 saturated carbocycles. The van der Waals surface area contributed by atoms with E-state index in [1.807, 2.05) is 0 Å². The standard InChI is InChI=1S/C75H49N7S/c1-4-22-53(23-5-1)83(54-24-6-2-7-25-54,55-26-8-3-9-27-55)56-44-40-50(41-45-56)73-76-74(81-69-38-20-14-32-61(69)63-48-51(42-46-71(63)81)79-65-34-16-10-28-57(65)58-29-11-17-35-66(58)79)78-75(77-73)82-70-39-21-15-33-62(70)64-49-52(43-47-72(64)82)80-67-36-18-12-30-59(67)60-31-13-19-37-68(60)80/h1-49H. The topological polar surface area (TPSA) is 58.4 Å². The number of aromatic nitrogens is 7. The van der Waals surface area contributed by atoms with Gasteiger partial charge >= 0.3 is 0 Å².